The first-order valence-corrected chi connectivity index (χ1v) is 13.0. The van der Waals surface area contributed by atoms with E-state index in [0.717, 1.165) is 16.9 Å². The molecule has 9 nitrogen and oxygen atoms in total. The number of carbonyl (C=O) groups is 3. The molecule has 4 rings (SSSR count). The van der Waals surface area contributed by atoms with Crippen molar-refractivity contribution in [3.05, 3.63) is 88.0 Å². The van der Waals surface area contributed by atoms with E-state index in [9.17, 15) is 19.5 Å². The molecule has 202 valence electrons. The van der Waals surface area contributed by atoms with Gasteiger partial charge in [-0.2, -0.15) is 0 Å². The number of aliphatic hydroxyl groups is 1. The molecule has 0 radical (unpaired) electrons. The number of esters is 1. The average molecular weight is 549 g/mol. The van der Waals surface area contributed by atoms with Crippen LogP contribution in [0.4, 0.5) is 5.13 Å². The second kappa shape index (κ2) is 11.5. The number of aryl methyl sites for hydroxylation is 2. The molecule has 1 atom stereocenters. The number of benzene rings is 2. The number of anilines is 1. The largest absolute Gasteiger partial charge is 0.507 e. The van der Waals surface area contributed by atoms with Gasteiger partial charge in [0, 0.05) is 11.1 Å². The lowest BCUT2D eigenvalue weighted by atomic mass is 9.94. The Morgan fingerprint density at radius 2 is 1.92 bits per heavy atom. The summed E-state index contributed by atoms with van der Waals surface area (Å²) in [6.45, 7) is 9.13. The number of rotatable bonds is 9. The summed E-state index contributed by atoms with van der Waals surface area (Å²) in [5, 5.41) is 11.6. The monoisotopic (exact) mass is 548 g/mol. The van der Waals surface area contributed by atoms with Gasteiger partial charge in [-0.3, -0.25) is 14.5 Å². The van der Waals surface area contributed by atoms with Gasteiger partial charge in [0.2, 0.25) is 0 Å². The van der Waals surface area contributed by atoms with Crippen LogP contribution in [0, 0.1) is 13.8 Å². The molecule has 0 aliphatic carbocycles. The third-order valence-electron chi connectivity index (χ3n) is 6.14. The second-order valence-electron chi connectivity index (χ2n) is 8.62. The molecule has 1 amide bonds. The molecule has 2 aromatic carbocycles. The Hall–Kier alpha value is -4.44. The van der Waals surface area contributed by atoms with E-state index in [1.807, 2.05) is 6.92 Å². The first-order chi connectivity index (χ1) is 18.7. The minimum Gasteiger partial charge on any atom is -0.507 e. The van der Waals surface area contributed by atoms with Crippen molar-refractivity contribution in [1.29, 1.82) is 0 Å². The summed E-state index contributed by atoms with van der Waals surface area (Å²) < 4.78 is 16.3. The highest BCUT2D eigenvalue weighted by Crippen LogP contribution is 2.46. The van der Waals surface area contributed by atoms with Crippen LogP contribution in [0.3, 0.4) is 0 Å². The molecule has 1 aromatic heterocycles. The van der Waals surface area contributed by atoms with Crippen molar-refractivity contribution >= 4 is 39.9 Å². The van der Waals surface area contributed by atoms with Gasteiger partial charge in [0.25, 0.3) is 5.78 Å². The number of amides is 1. The Bertz CT molecular complexity index is 1490. The minimum absolute atomic E-state index is 0.0129. The lowest BCUT2D eigenvalue weighted by molar-refractivity contribution is -0.132. The van der Waals surface area contributed by atoms with Gasteiger partial charge in [-0.15, -0.1) is 0 Å². The maximum absolute atomic E-state index is 13.5. The van der Waals surface area contributed by atoms with Crippen molar-refractivity contribution in [1.82, 2.24) is 4.98 Å². The fourth-order valence-corrected chi connectivity index (χ4v) is 5.36. The van der Waals surface area contributed by atoms with E-state index in [-0.39, 0.29) is 27.9 Å². The number of methoxy groups -OCH3 is 1. The Morgan fingerprint density at radius 1 is 1.18 bits per heavy atom. The lowest BCUT2D eigenvalue weighted by Crippen LogP contribution is -2.29. The lowest BCUT2D eigenvalue weighted by Gasteiger charge is -2.24. The van der Waals surface area contributed by atoms with Crippen LogP contribution < -0.4 is 14.4 Å². The van der Waals surface area contributed by atoms with Crippen molar-refractivity contribution in [2.45, 2.75) is 26.8 Å². The number of carbonyl (C=O) groups excluding carboxylic acids is 3. The normalized spacial score (nSPS) is 16.3. The van der Waals surface area contributed by atoms with Crippen LogP contribution >= 0.6 is 11.3 Å². The third-order valence-corrected chi connectivity index (χ3v) is 7.27. The number of aliphatic hydroxyl groups excluding tert-OH is 1. The summed E-state index contributed by atoms with van der Waals surface area (Å²) in [7, 11) is 1.54. The topological polar surface area (TPSA) is 115 Å². The summed E-state index contributed by atoms with van der Waals surface area (Å²) in [5.41, 5.74) is 1.78. The van der Waals surface area contributed by atoms with Gasteiger partial charge in [0.15, 0.2) is 5.13 Å². The maximum Gasteiger partial charge on any atom is 0.350 e. The molecule has 1 aliphatic rings. The summed E-state index contributed by atoms with van der Waals surface area (Å²) >= 11 is 0.927. The highest BCUT2D eigenvalue weighted by molar-refractivity contribution is 7.17. The van der Waals surface area contributed by atoms with Gasteiger partial charge in [-0.25, -0.2) is 9.78 Å². The SMILES string of the molecule is C=CCOC(=O)c1sc(N2C(=O)C(=O)/C(=C(/O)c3ccc(OC)c(C)c3)C2c2ccccc2OCC)nc1C. The Balaban J connectivity index is 1.93. The molecule has 0 saturated carbocycles. The number of Topliss-reactive ketones (excluding diaryl/α,β-unsaturated/α-hetero) is 1. The fraction of sp³-hybridized carbons (Fsp3) is 0.241. The molecular formula is C29H28N2O7S. The fourth-order valence-electron chi connectivity index (χ4n) is 4.37. The molecule has 0 bridgehead atoms. The second-order valence-corrected chi connectivity index (χ2v) is 9.60. The van der Waals surface area contributed by atoms with Crippen molar-refractivity contribution in [2.75, 3.05) is 25.2 Å². The number of hydrogen-bond donors (Lipinski definition) is 1. The zero-order chi connectivity index (χ0) is 28.3. The van der Waals surface area contributed by atoms with E-state index in [4.69, 9.17) is 14.2 Å². The molecular weight excluding hydrogens is 520 g/mol. The van der Waals surface area contributed by atoms with Crippen LogP contribution in [0.2, 0.25) is 0 Å². The third kappa shape index (κ3) is 5.15. The van der Waals surface area contributed by atoms with Crippen LogP contribution in [-0.2, 0) is 14.3 Å². The highest BCUT2D eigenvalue weighted by atomic mass is 32.1. The number of ketones is 1. The smallest absolute Gasteiger partial charge is 0.350 e. The molecule has 1 unspecified atom stereocenters. The predicted molar refractivity (Wildman–Crippen MR) is 147 cm³/mol. The number of thiazole rings is 1. The quantitative estimate of drug-likeness (QED) is 0.129. The molecule has 2 heterocycles. The van der Waals surface area contributed by atoms with Crippen molar-refractivity contribution < 1.29 is 33.7 Å². The molecule has 1 aliphatic heterocycles. The van der Waals surface area contributed by atoms with Gasteiger partial charge in [-0.1, -0.05) is 42.2 Å². The van der Waals surface area contributed by atoms with Gasteiger partial charge in [0.05, 0.1) is 25.0 Å². The first-order valence-electron chi connectivity index (χ1n) is 12.2. The van der Waals surface area contributed by atoms with Gasteiger partial charge >= 0.3 is 11.9 Å². The number of aromatic nitrogens is 1. The summed E-state index contributed by atoms with van der Waals surface area (Å²) in [6, 6.07) is 10.9. The minimum atomic E-state index is -1.07. The molecule has 1 N–H and O–H groups in total. The maximum atomic E-state index is 13.5. The Morgan fingerprint density at radius 3 is 2.59 bits per heavy atom. The van der Waals surface area contributed by atoms with Crippen LogP contribution in [0.15, 0.2) is 60.7 Å². The molecule has 39 heavy (non-hydrogen) atoms. The van der Waals surface area contributed by atoms with E-state index < -0.39 is 23.7 Å². The van der Waals surface area contributed by atoms with Crippen molar-refractivity contribution in [3.63, 3.8) is 0 Å². The predicted octanol–water partition coefficient (Wildman–Crippen LogP) is 5.14. The number of ether oxygens (including phenoxy) is 3. The standard InChI is InChI=1S/C29H28N2O7S/c1-6-14-38-28(35)26-17(4)30-29(39-26)31-23(19-10-8-9-11-21(19)37-7-2)22(25(33)27(31)34)24(32)18-12-13-20(36-5)16(3)15-18/h6,8-13,15,23,32H,1,7,14H2,2-5H3/b24-22+. The van der Waals surface area contributed by atoms with Crippen molar-refractivity contribution in [3.8, 4) is 11.5 Å². The van der Waals surface area contributed by atoms with Crippen LogP contribution in [0.1, 0.15) is 45.0 Å². The first kappa shape index (κ1) is 27.6. The van der Waals surface area contributed by atoms with E-state index in [2.05, 4.69) is 11.6 Å². The summed E-state index contributed by atoms with van der Waals surface area (Å²) in [4.78, 5) is 45.5. The number of hydrogen-bond acceptors (Lipinski definition) is 9. The zero-order valence-electron chi connectivity index (χ0n) is 22.0. The zero-order valence-corrected chi connectivity index (χ0v) is 22.8. The molecule has 1 fully saturated rings. The average Bonchev–Trinajstić information content (AvgIpc) is 3.43. The van der Waals surface area contributed by atoms with Crippen LogP contribution in [0.5, 0.6) is 11.5 Å². The van der Waals surface area contributed by atoms with E-state index >= 15 is 0 Å². The highest BCUT2D eigenvalue weighted by Gasteiger charge is 2.49. The van der Waals surface area contributed by atoms with E-state index in [0.29, 0.717) is 34.9 Å². The summed E-state index contributed by atoms with van der Waals surface area (Å²) in [5.74, 6) is -1.70. The number of nitrogens with zero attached hydrogens (tertiary/aromatic N) is 2. The molecule has 1 saturated heterocycles. The summed E-state index contributed by atoms with van der Waals surface area (Å²) in [6.07, 6.45) is 1.44. The Kier molecular flexibility index (Phi) is 8.15. The van der Waals surface area contributed by atoms with Gasteiger partial charge in [-0.05, 0) is 50.6 Å². The van der Waals surface area contributed by atoms with E-state index in [1.165, 1.54) is 18.1 Å². The molecule has 10 heteroatoms. The number of para-hydroxylation sites is 1. The van der Waals surface area contributed by atoms with Gasteiger partial charge < -0.3 is 19.3 Å². The van der Waals surface area contributed by atoms with Gasteiger partial charge in [0.1, 0.15) is 34.8 Å². The molecule has 3 aromatic rings. The van der Waals surface area contributed by atoms with Crippen LogP contribution in [-0.4, -0.2) is 48.1 Å². The van der Waals surface area contributed by atoms with Crippen LogP contribution in [0.25, 0.3) is 5.76 Å². The van der Waals surface area contributed by atoms with Crippen molar-refractivity contribution in [2.24, 2.45) is 0 Å². The molecule has 0 spiro atoms. The Labute approximate surface area is 230 Å². The van der Waals surface area contributed by atoms with E-state index in [1.54, 1.807) is 56.3 Å².